The van der Waals surface area contributed by atoms with Gasteiger partial charge in [0, 0.05) is 6.54 Å². The first kappa shape index (κ1) is 18.3. The molecule has 0 bridgehead atoms. The van der Waals surface area contributed by atoms with Crippen LogP contribution in [0.5, 0.6) is 5.75 Å². The van der Waals surface area contributed by atoms with Gasteiger partial charge < -0.3 is 10.1 Å². The Morgan fingerprint density at radius 2 is 1.85 bits per heavy atom. The van der Waals surface area contributed by atoms with Gasteiger partial charge >= 0.3 is 0 Å². The number of rotatable bonds is 5. The van der Waals surface area contributed by atoms with Crippen LogP contribution in [0.15, 0.2) is 54.6 Å². The second-order valence-electron chi connectivity index (χ2n) is 6.43. The lowest BCUT2D eigenvalue weighted by atomic mass is 10.0. The SMILES string of the molecule is CC(CNC(=O)C1CN(S(C)(=O)=O)c2ccccc2O1)c1ccccc1. The highest BCUT2D eigenvalue weighted by molar-refractivity contribution is 7.92. The molecule has 1 amide bonds. The van der Waals surface area contributed by atoms with E-state index in [9.17, 15) is 13.2 Å². The maximum atomic E-state index is 12.6. The third kappa shape index (κ3) is 3.99. The lowest BCUT2D eigenvalue weighted by Gasteiger charge is -2.34. The fourth-order valence-corrected chi connectivity index (χ4v) is 3.83. The van der Waals surface area contributed by atoms with E-state index < -0.39 is 16.1 Å². The Balaban J connectivity index is 1.70. The molecule has 26 heavy (non-hydrogen) atoms. The number of carbonyl (C=O) groups excluding carboxylic acids is 1. The number of ether oxygens (including phenoxy) is 1. The van der Waals surface area contributed by atoms with Crippen molar-refractivity contribution in [2.24, 2.45) is 0 Å². The lowest BCUT2D eigenvalue weighted by Crippen LogP contribution is -2.50. The monoisotopic (exact) mass is 374 g/mol. The van der Waals surface area contributed by atoms with Crippen molar-refractivity contribution in [3.8, 4) is 5.75 Å². The molecular weight excluding hydrogens is 352 g/mol. The molecule has 1 aliphatic rings. The predicted octanol–water partition coefficient (Wildman–Crippen LogP) is 2.13. The largest absolute Gasteiger partial charge is 0.476 e. The summed E-state index contributed by atoms with van der Waals surface area (Å²) in [5, 5.41) is 2.87. The van der Waals surface area contributed by atoms with E-state index in [0.717, 1.165) is 11.8 Å². The van der Waals surface area contributed by atoms with Crippen molar-refractivity contribution in [1.82, 2.24) is 5.32 Å². The molecule has 0 spiro atoms. The van der Waals surface area contributed by atoms with Crippen LogP contribution in [0.25, 0.3) is 0 Å². The molecule has 2 unspecified atom stereocenters. The smallest absolute Gasteiger partial charge is 0.263 e. The van der Waals surface area contributed by atoms with Gasteiger partial charge in [0.1, 0.15) is 5.75 Å². The standard InChI is InChI=1S/C19H22N2O4S/c1-14(15-8-4-3-5-9-15)12-20-19(22)18-13-21(26(2,23)24)16-10-6-7-11-17(16)25-18/h3-11,14,18H,12-13H2,1-2H3,(H,20,22). The van der Waals surface area contributed by atoms with Crippen LogP contribution in [-0.4, -0.2) is 39.8 Å². The molecule has 0 aliphatic carbocycles. The van der Waals surface area contributed by atoms with Crippen LogP contribution in [-0.2, 0) is 14.8 Å². The van der Waals surface area contributed by atoms with Gasteiger partial charge in [0.2, 0.25) is 10.0 Å². The van der Waals surface area contributed by atoms with Gasteiger partial charge in [-0.2, -0.15) is 0 Å². The summed E-state index contributed by atoms with van der Waals surface area (Å²) < 4.78 is 31.2. The first-order valence-corrected chi connectivity index (χ1v) is 10.3. The Hall–Kier alpha value is -2.54. The van der Waals surface area contributed by atoms with Crippen LogP contribution in [0.3, 0.4) is 0 Å². The highest BCUT2D eigenvalue weighted by atomic mass is 32.2. The van der Waals surface area contributed by atoms with Crippen LogP contribution >= 0.6 is 0 Å². The van der Waals surface area contributed by atoms with E-state index in [-0.39, 0.29) is 18.4 Å². The number of amides is 1. The third-order valence-electron chi connectivity index (χ3n) is 4.38. The average Bonchev–Trinajstić information content (AvgIpc) is 2.64. The fraction of sp³-hybridized carbons (Fsp3) is 0.316. The highest BCUT2D eigenvalue weighted by Gasteiger charge is 2.34. The molecule has 1 aliphatic heterocycles. The molecule has 1 N–H and O–H groups in total. The van der Waals surface area contributed by atoms with Crippen molar-refractivity contribution < 1.29 is 17.9 Å². The number of para-hydroxylation sites is 2. The van der Waals surface area contributed by atoms with Crippen LogP contribution in [0, 0.1) is 0 Å². The highest BCUT2D eigenvalue weighted by Crippen LogP contribution is 2.34. The van der Waals surface area contributed by atoms with Gasteiger partial charge in [0.15, 0.2) is 6.10 Å². The summed E-state index contributed by atoms with van der Waals surface area (Å²) >= 11 is 0. The van der Waals surface area contributed by atoms with E-state index in [1.807, 2.05) is 37.3 Å². The van der Waals surface area contributed by atoms with Gasteiger partial charge in [-0.25, -0.2) is 8.42 Å². The number of nitrogens with zero attached hydrogens (tertiary/aromatic N) is 1. The molecule has 138 valence electrons. The van der Waals surface area contributed by atoms with Gasteiger partial charge in [-0.15, -0.1) is 0 Å². The Labute approximate surface area is 153 Å². The van der Waals surface area contributed by atoms with E-state index in [0.29, 0.717) is 18.0 Å². The fourth-order valence-electron chi connectivity index (χ4n) is 2.92. The molecule has 2 aromatic carbocycles. The molecule has 0 radical (unpaired) electrons. The summed E-state index contributed by atoms with van der Waals surface area (Å²) in [5.74, 6) is 0.207. The van der Waals surface area contributed by atoms with E-state index in [1.54, 1.807) is 24.3 Å². The summed E-state index contributed by atoms with van der Waals surface area (Å²) in [6.07, 6.45) is 0.240. The average molecular weight is 374 g/mol. The molecule has 6 nitrogen and oxygen atoms in total. The third-order valence-corrected chi connectivity index (χ3v) is 5.53. The van der Waals surface area contributed by atoms with Gasteiger partial charge in [-0.3, -0.25) is 9.10 Å². The van der Waals surface area contributed by atoms with E-state index in [4.69, 9.17) is 4.74 Å². The summed E-state index contributed by atoms with van der Waals surface area (Å²) in [6.45, 7) is 2.43. The first-order valence-electron chi connectivity index (χ1n) is 8.42. The zero-order chi connectivity index (χ0) is 18.7. The van der Waals surface area contributed by atoms with Gasteiger partial charge in [0.05, 0.1) is 18.5 Å². The van der Waals surface area contributed by atoms with Crippen LogP contribution in [0.4, 0.5) is 5.69 Å². The topological polar surface area (TPSA) is 75.7 Å². The minimum atomic E-state index is -3.51. The number of sulfonamides is 1. The second-order valence-corrected chi connectivity index (χ2v) is 8.33. The summed E-state index contributed by atoms with van der Waals surface area (Å²) in [6, 6.07) is 16.7. The second kappa shape index (κ2) is 7.37. The van der Waals surface area contributed by atoms with Crippen molar-refractivity contribution >= 4 is 21.6 Å². The molecule has 0 saturated heterocycles. The molecule has 0 aromatic heterocycles. The number of benzene rings is 2. The molecule has 1 heterocycles. The van der Waals surface area contributed by atoms with E-state index in [1.165, 1.54) is 4.31 Å². The Bertz CT molecular complexity index is 883. The first-order chi connectivity index (χ1) is 12.4. The molecule has 7 heteroatoms. The number of nitrogens with one attached hydrogen (secondary N) is 1. The molecule has 3 rings (SSSR count). The van der Waals surface area contributed by atoms with Crippen LogP contribution in [0.1, 0.15) is 18.4 Å². The molecule has 0 saturated carbocycles. The Kier molecular flexibility index (Phi) is 5.18. The Morgan fingerprint density at radius 3 is 2.54 bits per heavy atom. The zero-order valence-corrected chi connectivity index (χ0v) is 15.6. The molecule has 0 fully saturated rings. The molecule has 2 aromatic rings. The molecular formula is C19H22N2O4S. The number of hydrogen-bond acceptors (Lipinski definition) is 4. The van der Waals surface area contributed by atoms with E-state index >= 15 is 0 Å². The van der Waals surface area contributed by atoms with Crippen molar-refractivity contribution in [2.75, 3.05) is 23.7 Å². The minimum Gasteiger partial charge on any atom is -0.476 e. The van der Waals surface area contributed by atoms with Crippen LogP contribution in [0.2, 0.25) is 0 Å². The minimum absolute atomic E-state index is 0.0403. The van der Waals surface area contributed by atoms with Gasteiger partial charge in [-0.1, -0.05) is 49.4 Å². The van der Waals surface area contributed by atoms with Gasteiger partial charge in [0.25, 0.3) is 5.91 Å². The zero-order valence-electron chi connectivity index (χ0n) is 14.8. The predicted molar refractivity (Wildman–Crippen MR) is 101 cm³/mol. The normalized spacial score (nSPS) is 17.8. The lowest BCUT2D eigenvalue weighted by molar-refractivity contribution is -0.127. The van der Waals surface area contributed by atoms with E-state index in [2.05, 4.69) is 5.32 Å². The number of anilines is 1. The number of hydrogen-bond donors (Lipinski definition) is 1. The van der Waals surface area contributed by atoms with Crippen molar-refractivity contribution in [3.63, 3.8) is 0 Å². The summed E-state index contributed by atoms with van der Waals surface area (Å²) in [4.78, 5) is 12.6. The Morgan fingerprint density at radius 1 is 1.19 bits per heavy atom. The maximum absolute atomic E-state index is 12.6. The maximum Gasteiger partial charge on any atom is 0.263 e. The van der Waals surface area contributed by atoms with Crippen molar-refractivity contribution in [1.29, 1.82) is 0 Å². The quantitative estimate of drug-likeness (QED) is 0.870. The number of carbonyl (C=O) groups is 1. The number of fused-ring (bicyclic) bond motifs is 1. The van der Waals surface area contributed by atoms with Crippen molar-refractivity contribution in [2.45, 2.75) is 18.9 Å². The van der Waals surface area contributed by atoms with Crippen LogP contribution < -0.4 is 14.4 Å². The van der Waals surface area contributed by atoms with Crippen molar-refractivity contribution in [3.05, 3.63) is 60.2 Å². The molecule has 2 atom stereocenters. The summed E-state index contributed by atoms with van der Waals surface area (Å²) in [7, 11) is -3.51. The summed E-state index contributed by atoms with van der Waals surface area (Å²) in [5.41, 5.74) is 1.58. The van der Waals surface area contributed by atoms with Gasteiger partial charge in [-0.05, 0) is 23.6 Å².